The first kappa shape index (κ1) is 10.7. The monoisotopic (exact) mass is 208 g/mol. The van der Waals surface area contributed by atoms with Gasteiger partial charge < -0.3 is 0 Å². The molecule has 0 nitrogen and oxygen atoms in total. The van der Waals surface area contributed by atoms with Gasteiger partial charge in [-0.1, -0.05) is 66.2 Å². The van der Waals surface area contributed by atoms with E-state index in [9.17, 15) is 0 Å². The maximum absolute atomic E-state index is 2.22. The van der Waals surface area contributed by atoms with Crippen LogP contribution in [0, 0.1) is 6.92 Å². The fraction of sp³-hybridized carbons (Fsp3) is 0.125. The lowest BCUT2D eigenvalue weighted by molar-refractivity contribution is 1.46. The fourth-order valence-corrected chi connectivity index (χ4v) is 1.79. The Balaban J connectivity index is 2.32. The number of benzene rings is 2. The molecule has 0 atom stereocenters. The quantitative estimate of drug-likeness (QED) is 0.635. The maximum Gasteiger partial charge on any atom is -0.0227 e. The molecule has 16 heavy (non-hydrogen) atoms. The van der Waals surface area contributed by atoms with Crippen molar-refractivity contribution in [1.29, 1.82) is 0 Å². The van der Waals surface area contributed by atoms with Crippen LogP contribution in [0.5, 0.6) is 0 Å². The van der Waals surface area contributed by atoms with Crippen LogP contribution >= 0.6 is 0 Å². The molecule has 0 saturated heterocycles. The molecule has 2 aromatic rings. The molecule has 80 valence electrons. The summed E-state index contributed by atoms with van der Waals surface area (Å²) in [5.41, 5.74) is 5.14. The van der Waals surface area contributed by atoms with Gasteiger partial charge in [0.25, 0.3) is 0 Å². The summed E-state index contributed by atoms with van der Waals surface area (Å²) in [4.78, 5) is 0. The lowest BCUT2D eigenvalue weighted by atomic mass is 10.0. The summed E-state index contributed by atoms with van der Waals surface area (Å²) in [5, 5.41) is 0. The van der Waals surface area contributed by atoms with Gasteiger partial charge in [0.2, 0.25) is 0 Å². The van der Waals surface area contributed by atoms with Gasteiger partial charge in [-0.25, -0.2) is 0 Å². The third kappa shape index (κ3) is 2.60. The third-order valence-electron chi connectivity index (χ3n) is 2.65. The summed E-state index contributed by atoms with van der Waals surface area (Å²) in [6, 6.07) is 19.0. The van der Waals surface area contributed by atoms with Gasteiger partial charge in [-0.2, -0.15) is 0 Å². The van der Waals surface area contributed by atoms with E-state index < -0.39 is 0 Å². The molecular weight excluding hydrogens is 192 g/mol. The summed E-state index contributed by atoms with van der Waals surface area (Å²) in [5.74, 6) is 0. The van der Waals surface area contributed by atoms with Crippen LogP contribution in [-0.2, 0) is 0 Å². The summed E-state index contributed by atoms with van der Waals surface area (Å²) >= 11 is 0. The Bertz CT molecular complexity index is 492. The van der Waals surface area contributed by atoms with Gasteiger partial charge in [0, 0.05) is 0 Å². The summed E-state index contributed by atoms with van der Waals surface area (Å²) < 4.78 is 0. The highest BCUT2D eigenvalue weighted by atomic mass is 14.0. The van der Waals surface area contributed by atoms with Crippen LogP contribution in [0.1, 0.15) is 23.6 Å². The van der Waals surface area contributed by atoms with E-state index in [-0.39, 0.29) is 0 Å². The Morgan fingerprint density at radius 3 is 2.38 bits per heavy atom. The average Bonchev–Trinajstić information content (AvgIpc) is 2.30. The van der Waals surface area contributed by atoms with Crippen molar-refractivity contribution in [2.75, 3.05) is 0 Å². The van der Waals surface area contributed by atoms with Crippen LogP contribution < -0.4 is 0 Å². The molecule has 0 aromatic heterocycles. The van der Waals surface area contributed by atoms with Gasteiger partial charge in [0.1, 0.15) is 0 Å². The predicted molar refractivity (Wildman–Crippen MR) is 71.2 cm³/mol. The number of hydrogen-bond donors (Lipinski definition) is 0. The van der Waals surface area contributed by atoms with Crippen LogP contribution in [0.3, 0.4) is 0 Å². The lowest BCUT2D eigenvalue weighted by Gasteiger charge is -2.02. The van der Waals surface area contributed by atoms with E-state index in [2.05, 4.69) is 68.5 Å². The predicted octanol–water partition coefficient (Wildman–Crippen LogP) is 4.56. The Hall–Kier alpha value is -1.82. The van der Waals surface area contributed by atoms with E-state index in [1.165, 1.54) is 22.3 Å². The molecule has 0 spiro atoms. The van der Waals surface area contributed by atoms with Gasteiger partial charge >= 0.3 is 0 Å². The highest BCUT2D eigenvalue weighted by Crippen LogP contribution is 2.17. The van der Waals surface area contributed by atoms with Crippen molar-refractivity contribution >= 4 is 11.6 Å². The van der Waals surface area contributed by atoms with Crippen LogP contribution in [0.15, 0.2) is 54.6 Å². The molecule has 2 aromatic carbocycles. The van der Waals surface area contributed by atoms with Crippen LogP contribution in [-0.4, -0.2) is 0 Å². The normalized spacial score (nSPS) is 11.5. The largest absolute Gasteiger partial charge is 0.0622 e. The van der Waals surface area contributed by atoms with Crippen molar-refractivity contribution in [2.24, 2.45) is 0 Å². The Morgan fingerprint density at radius 1 is 0.938 bits per heavy atom. The van der Waals surface area contributed by atoms with Gasteiger partial charge in [-0.05, 0) is 30.5 Å². The van der Waals surface area contributed by atoms with Crippen LogP contribution in [0.25, 0.3) is 11.6 Å². The van der Waals surface area contributed by atoms with Crippen molar-refractivity contribution in [3.05, 3.63) is 71.3 Å². The minimum atomic E-state index is 1.27. The molecule has 0 fully saturated rings. The number of allylic oxidation sites excluding steroid dienone is 1. The molecule has 0 amide bonds. The second-order valence-corrected chi connectivity index (χ2v) is 4.11. The molecule has 0 aliphatic carbocycles. The number of rotatable bonds is 2. The highest BCUT2D eigenvalue weighted by molar-refractivity contribution is 5.80. The van der Waals surface area contributed by atoms with Gasteiger partial charge in [-0.3, -0.25) is 0 Å². The van der Waals surface area contributed by atoms with Crippen molar-refractivity contribution in [3.8, 4) is 0 Å². The third-order valence-corrected chi connectivity index (χ3v) is 2.65. The molecule has 0 aliphatic heterocycles. The lowest BCUT2D eigenvalue weighted by Crippen LogP contribution is -1.80. The summed E-state index contributed by atoms with van der Waals surface area (Å²) in [7, 11) is 0. The summed E-state index contributed by atoms with van der Waals surface area (Å²) in [6.45, 7) is 4.27. The van der Waals surface area contributed by atoms with Crippen LogP contribution in [0.4, 0.5) is 0 Å². The zero-order valence-corrected chi connectivity index (χ0v) is 9.77. The minimum Gasteiger partial charge on any atom is -0.0622 e. The Kier molecular flexibility index (Phi) is 3.21. The zero-order valence-electron chi connectivity index (χ0n) is 9.77. The van der Waals surface area contributed by atoms with E-state index in [1.54, 1.807) is 0 Å². The second kappa shape index (κ2) is 4.80. The van der Waals surface area contributed by atoms with Crippen molar-refractivity contribution in [1.82, 2.24) is 0 Å². The van der Waals surface area contributed by atoms with Crippen LogP contribution in [0.2, 0.25) is 0 Å². The molecular formula is C16H16. The average molecular weight is 208 g/mol. The SMILES string of the molecule is C/C(=C\c1cccc(C)c1)c1ccccc1. The van der Waals surface area contributed by atoms with E-state index in [4.69, 9.17) is 0 Å². The van der Waals surface area contributed by atoms with Gasteiger partial charge in [-0.15, -0.1) is 0 Å². The molecule has 0 saturated carbocycles. The Labute approximate surface area is 97.3 Å². The molecule has 0 aliphatic rings. The zero-order chi connectivity index (χ0) is 11.4. The summed E-state index contributed by atoms with van der Waals surface area (Å²) in [6.07, 6.45) is 2.22. The fourth-order valence-electron chi connectivity index (χ4n) is 1.79. The molecule has 0 bridgehead atoms. The van der Waals surface area contributed by atoms with E-state index in [0.29, 0.717) is 0 Å². The highest BCUT2D eigenvalue weighted by Gasteiger charge is 1.94. The molecule has 2 rings (SSSR count). The molecule has 0 radical (unpaired) electrons. The van der Waals surface area contributed by atoms with Gasteiger partial charge in [0.05, 0.1) is 0 Å². The molecule has 0 heterocycles. The van der Waals surface area contributed by atoms with E-state index in [0.717, 1.165) is 0 Å². The number of hydrogen-bond acceptors (Lipinski definition) is 0. The first-order chi connectivity index (χ1) is 7.75. The first-order valence-electron chi connectivity index (χ1n) is 5.56. The first-order valence-corrected chi connectivity index (χ1v) is 5.56. The maximum atomic E-state index is 2.22. The smallest absolute Gasteiger partial charge is 0.0227 e. The van der Waals surface area contributed by atoms with Gasteiger partial charge in [0.15, 0.2) is 0 Å². The number of aryl methyl sites for hydroxylation is 1. The topological polar surface area (TPSA) is 0 Å². The van der Waals surface area contributed by atoms with Crippen molar-refractivity contribution < 1.29 is 0 Å². The molecule has 0 heteroatoms. The van der Waals surface area contributed by atoms with E-state index in [1.807, 2.05) is 6.07 Å². The minimum absolute atomic E-state index is 1.27. The van der Waals surface area contributed by atoms with Crippen molar-refractivity contribution in [3.63, 3.8) is 0 Å². The van der Waals surface area contributed by atoms with E-state index >= 15 is 0 Å². The standard InChI is InChI=1S/C16H16/c1-13-7-6-8-15(11-13)12-14(2)16-9-4-3-5-10-16/h3-12H,1-2H3/b14-12+. The molecule has 0 unspecified atom stereocenters. The Morgan fingerprint density at radius 2 is 1.69 bits per heavy atom. The molecule has 0 N–H and O–H groups in total. The van der Waals surface area contributed by atoms with Crippen molar-refractivity contribution in [2.45, 2.75) is 13.8 Å². The second-order valence-electron chi connectivity index (χ2n) is 4.11.